The van der Waals surface area contributed by atoms with E-state index in [1.54, 1.807) is 47.5 Å². The van der Waals surface area contributed by atoms with Crippen LogP contribution in [0.4, 0.5) is 0 Å². The van der Waals surface area contributed by atoms with Crippen molar-refractivity contribution >= 4 is 23.0 Å². The lowest BCUT2D eigenvalue weighted by Gasteiger charge is -2.18. The molecule has 1 aromatic heterocycles. The van der Waals surface area contributed by atoms with Crippen LogP contribution in [0.2, 0.25) is 0 Å². The summed E-state index contributed by atoms with van der Waals surface area (Å²) in [5.74, 6) is -0.273. The Morgan fingerprint density at radius 2 is 1.69 bits per heavy atom. The lowest BCUT2D eigenvalue weighted by molar-refractivity contribution is 0.0780. The minimum atomic E-state index is -0.149. The molecule has 0 bridgehead atoms. The average molecular weight is 363 g/mol. The van der Waals surface area contributed by atoms with Crippen molar-refractivity contribution < 1.29 is 9.59 Å². The van der Waals surface area contributed by atoms with E-state index in [1.807, 2.05) is 48.9 Å². The molecular weight excluding hydrogens is 342 g/mol. The van der Waals surface area contributed by atoms with Gasteiger partial charge in [-0.2, -0.15) is 11.3 Å². The van der Waals surface area contributed by atoms with E-state index in [2.05, 4.69) is 0 Å². The minimum absolute atomic E-state index is 0.124. The van der Waals surface area contributed by atoms with Crippen molar-refractivity contribution in [3.05, 3.63) is 92.7 Å². The van der Waals surface area contributed by atoms with Crippen LogP contribution in [0.25, 0.3) is 0 Å². The zero-order valence-electron chi connectivity index (χ0n) is 15.2. The van der Waals surface area contributed by atoms with Gasteiger partial charge in [0.25, 0.3) is 5.91 Å². The normalized spacial score (nSPS) is 10.6. The van der Waals surface area contributed by atoms with Gasteiger partial charge < -0.3 is 4.90 Å². The third-order valence-corrected chi connectivity index (χ3v) is 5.25. The molecule has 0 radical (unpaired) electrons. The van der Waals surface area contributed by atoms with Crippen molar-refractivity contribution in [1.82, 2.24) is 4.90 Å². The molecule has 132 valence electrons. The first-order chi connectivity index (χ1) is 12.5. The second-order valence-electron chi connectivity index (χ2n) is 6.47. The zero-order chi connectivity index (χ0) is 18.7. The number of benzene rings is 2. The summed E-state index contributed by atoms with van der Waals surface area (Å²) < 4.78 is 0. The molecule has 0 unspecified atom stereocenters. The van der Waals surface area contributed by atoms with Crippen LogP contribution in [-0.2, 0) is 6.54 Å². The first kappa shape index (κ1) is 18.1. The molecule has 1 amide bonds. The number of aryl methyl sites for hydroxylation is 2. The average Bonchev–Trinajstić information content (AvgIpc) is 3.15. The Morgan fingerprint density at radius 3 is 2.35 bits per heavy atom. The largest absolute Gasteiger partial charge is 0.337 e. The zero-order valence-corrected chi connectivity index (χ0v) is 16.0. The quantitative estimate of drug-likeness (QED) is 0.607. The lowest BCUT2D eigenvalue weighted by Crippen LogP contribution is -2.27. The highest BCUT2D eigenvalue weighted by molar-refractivity contribution is 7.07. The van der Waals surface area contributed by atoms with Gasteiger partial charge in [0.05, 0.1) is 5.56 Å². The van der Waals surface area contributed by atoms with E-state index in [4.69, 9.17) is 0 Å². The van der Waals surface area contributed by atoms with Crippen molar-refractivity contribution in [2.45, 2.75) is 20.4 Å². The second kappa shape index (κ2) is 7.67. The van der Waals surface area contributed by atoms with Gasteiger partial charge in [0.1, 0.15) is 0 Å². The number of hydrogen-bond donors (Lipinski definition) is 0. The van der Waals surface area contributed by atoms with Gasteiger partial charge in [0.2, 0.25) is 0 Å². The van der Waals surface area contributed by atoms with Gasteiger partial charge in [0.15, 0.2) is 5.78 Å². The summed E-state index contributed by atoms with van der Waals surface area (Å²) in [4.78, 5) is 27.6. The van der Waals surface area contributed by atoms with E-state index in [1.165, 1.54) is 0 Å². The van der Waals surface area contributed by atoms with Crippen molar-refractivity contribution in [1.29, 1.82) is 0 Å². The number of carbonyl (C=O) groups is 2. The topological polar surface area (TPSA) is 37.4 Å². The van der Waals surface area contributed by atoms with E-state index < -0.39 is 0 Å². The summed E-state index contributed by atoms with van der Waals surface area (Å²) in [7, 11) is 1.76. The number of ketones is 1. The fourth-order valence-corrected chi connectivity index (χ4v) is 3.50. The summed E-state index contributed by atoms with van der Waals surface area (Å²) >= 11 is 1.60. The molecule has 0 fully saturated rings. The first-order valence-corrected chi connectivity index (χ1v) is 9.39. The Bertz CT molecular complexity index is 945. The molecule has 3 aromatic rings. The van der Waals surface area contributed by atoms with Gasteiger partial charge in [-0.1, -0.05) is 30.3 Å². The van der Waals surface area contributed by atoms with Gasteiger partial charge in [-0.25, -0.2) is 0 Å². The van der Waals surface area contributed by atoms with Crippen LogP contribution < -0.4 is 0 Å². The van der Waals surface area contributed by atoms with Crippen LogP contribution in [0.1, 0.15) is 43.0 Å². The molecule has 2 aromatic carbocycles. The van der Waals surface area contributed by atoms with Gasteiger partial charge in [0, 0.05) is 24.7 Å². The number of carbonyl (C=O) groups excluding carboxylic acids is 2. The molecule has 0 aliphatic heterocycles. The standard InChI is InChI=1S/C22H21NO2S/c1-15-8-9-18(12-16(15)2)21(24)19-6-4-5-7-20(19)22(25)23(3)13-17-10-11-26-14-17/h4-12,14H,13H2,1-3H3. The fourth-order valence-electron chi connectivity index (χ4n) is 2.84. The molecular formula is C22H21NO2S. The summed E-state index contributed by atoms with van der Waals surface area (Å²) in [5, 5.41) is 4.01. The van der Waals surface area contributed by atoms with Crippen molar-refractivity contribution in [3.8, 4) is 0 Å². The number of thiophene rings is 1. The molecule has 4 heteroatoms. The van der Waals surface area contributed by atoms with Gasteiger partial charge >= 0.3 is 0 Å². The third-order valence-electron chi connectivity index (χ3n) is 4.52. The van der Waals surface area contributed by atoms with Crippen molar-refractivity contribution in [2.24, 2.45) is 0 Å². The number of hydrogen-bond acceptors (Lipinski definition) is 3. The second-order valence-corrected chi connectivity index (χ2v) is 7.25. The molecule has 3 nitrogen and oxygen atoms in total. The predicted molar refractivity (Wildman–Crippen MR) is 106 cm³/mol. The molecule has 3 rings (SSSR count). The van der Waals surface area contributed by atoms with Crippen LogP contribution in [0.5, 0.6) is 0 Å². The van der Waals surface area contributed by atoms with Crippen LogP contribution in [0.3, 0.4) is 0 Å². The van der Waals surface area contributed by atoms with Crippen molar-refractivity contribution in [2.75, 3.05) is 7.05 Å². The Kier molecular flexibility index (Phi) is 5.33. The maximum absolute atomic E-state index is 13.0. The van der Waals surface area contributed by atoms with Gasteiger partial charge in [-0.15, -0.1) is 0 Å². The first-order valence-electron chi connectivity index (χ1n) is 8.45. The highest BCUT2D eigenvalue weighted by atomic mass is 32.1. The highest BCUT2D eigenvalue weighted by Gasteiger charge is 2.21. The van der Waals surface area contributed by atoms with E-state index in [0.29, 0.717) is 23.2 Å². The van der Waals surface area contributed by atoms with E-state index in [0.717, 1.165) is 16.7 Å². The Labute approximate surface area is 157 Å². The van der Waals surface area contributed by atoms with E-state index in [9.17, 15) is 9.59 Å². The number of rotatable bonds is 5. The smallest absolute Gasteiger partial charge is 0.254 e. The molecule has 0 spiro atoms. The van der Waals surface area contributed by atoms with Crippen LogP contribution in [0.15, 0.2) is 59.3 Å². The summed E-state index contributed by atoms with van der Waals surface area (Å²) in [6, 6.07) is 14.7. The molecule has 0 atom stereocenters. The van der Waals surface area contributed by atoms with Crippen LogP contribution in [-0.4, -0.2) is 23.6 Å². The third kappa shape index (κ3) is 3.75. The molecule has 0 N–H and O–H groups in total. The molecule has 0 saturated carbocycles. The number of nitrogens with zero attached hydrogens (tertiary/aromatic N) is 1. The fraction of sp³-hybridized carbons (Fsp3) is 0.182. The molecule has 26 heavy (non-hydrogen) atoms. The Balaban J connectivity index is 1.91. The maximum atomic E-state index is 13.0. The van der Waals surface area contributed by atoms with Crippen LogP contribution >= 0.6 is 11.3 Å². The molecule has 1 heterocycles. The lowest BCUT2D eigenvalue weighted by atomic mass is 9.95. The molecule has 0 saturated heterocycles. The molecule has 0 aliphatic rings. The van der Waals surface area contributed by atoms with Gasteiger partial charge in [-0.05, 0) is 59.5 Å². The maximum Gasteiger partial charge on any atom is 0.254 e. The summed E-state index contributed by atoms with van der Waals surface area (Å²) in [5.41, 5.74) is 4.78. The van der Waals surface area contributed by atoms with E-state index >= 15 is 0 Å². The number of amides is 1. The SMILES string of the molecule is Cc1ccc(C(=O)c2ccccc2C(=O)N(C)Cc2ccsc2)cc1C. The Morgan fingerprint density at radius 1 is 0.962 bits per heavy atom. The highest BCUT2D eigenvalue weighted by Crippen LogP contribution is 2.19. The molecule has 0 aliphatic carbocycles. The van der Waals surface area contributed by atoms with Gasteiger partial charge in [-0.3, -0.25) is 9.59 Å². The van der Waals surface area contributed by atoms with Crippen LogP contribution in [0, 0.1) is 13.8 Å². The Hall–Kier alpha value is -2.72. The van der Waals surface area contributed by atoms with Crippen molar-refractivity contribution in [3.63, 3.8) is 0 Å². The predicted octanol–water partition coefficient (Wildman–Crippen LogP) is 4.87. The summed E-state index contributed by atoms with van der Waals surface area (Å²) in [6.45, 7) is 4.52. The minimum Gasteiger partial charge on any atom is -0.337 e. The monoisotopic (exact) mass is 363 g/mol. The summed E-state index contributed by atoms with van der Waals surface area (Å²) in [6.07, 6.45) is 0. The van der Waals surface area contributed by atoms with E-state index in [-0.39, 0.29) is 11.7 Å².